The highest BCUT2D eigenvalue weighted by molar-refractivity contribution is 5.03. The smallest absolute Gasteiger partial charge is 0.0614 e. The van der Waals surface area contributed by atoms with Crippen LogP contribution in [0.25, 0.3) is 0 Å². The van der Waals surface area contributed by atoms with Crippen LogP contribution in [0.1, 0.15) is 44.9 Å². The van der Waals surface area contributed by atoms with Crippen molar-refractivity contribution in [1.82, 2.24) is 15.1 Å². The molecule has 2 atom stereocenters. The number of nitrogens with one attached hydrogen (secondary N) is 1. The summed E-state index contributed by atoms with van der Waals surface area (Å²) in [5.41, 5.74) is 0.0387. The minimum atomic E-state index is 0.0387. The predicted octanol–water partition coefficient (Wildman–Crippen LogP) is 1.05. The second kappa shape index (κ2) is 5.80. The molecule has 4 fully saturated rings. The van der Waals surface area contributed by atoms with Crippen LogP contribution in [0.15, 0.2) is 0 Å². The predicted molar refractivity (Wildman–Crippen MR) is 84.4 cm³/mol. The third kappa shape index (κ3) is 3.44. The van der Waals surface area contributed by atoms with Crippen molar-refractivity contribution in [3.8, 4) is 0 Å². The lowest BCUT2D eigenvalue weighted by Crippen LogP contribution is -2.52. The SMILES string of the molecule is OCC1(NC2CC2)CCC(N2CCN(CC3CC3)CC2)C1. The zero-order chi connectivity index (χ0) is 14.3. The molecular weight excluding hydrogens is 262 g/mol. The number of piperazine rings is 1. The molecule has 2 unspecified atom stereocenters. The van der Waals surface area contributed by atoms with E-state index in [1.165, 1.54) is 64.8 Å². The van der Waals surface area contributed by atoms with Gasteiger partial charge in [0.2, 0.25) is 0 Å². The van der Waals surface area contributed by atoms with E-state index in [9.17, 15) is 5.11 Å². The van der Waals surface area contributed by atoms with Gasteiger partial charge in [-0.2, -0.15) is 0 Å². The third-order valence-corrected chi connectivity index (χ3v) is 6.11. The van der Waals surface area contributed by atoms with Gasteiger partial charge in [0.05, 0.1) is 6.61 Å². The van der Waals surface area contributed by atoms with E-state index in [-0.39, 0.29) is 5.54 Å². The topological polar surface area (TPSA) is 38.7 Å². The van der Waals surface area contributed by atoms with Crippen molar-refractivity contribution in [2.24, 2.45) is 5.92 Å². The van der Waals surface area contributed by atoms with Gasteiger partial charge in [0, 0.05) is 50.3 Å². The van der Waals surface area contributed by atoms with Gasteiger partial charge in [-0.3, -0.25) is 4.90 Å². The molecule has 4 nitrogen and oxygen atoms in total. The van der Waals surface area contributed by atoms with E-state index in [0.717, 1.165) is 18.8 Å². The molecule has 21 heavy (non-hydrogen) atoms. The van der Waals surface area contributed by atoms with Crippen LogP contribution >= 0.6 is 0 Å². The summed E-state index contributed by atoms with van der Waals surface area (Å²) in [5, 5.41) is 13.6. The third-order valence-electron chi connectivity index (χ3n) is 6.11. The Morgan fingerprint density at radius 2 is 1.76 bits per heavy atom. The molecule has 1 aliphatic heterocycles. The number of hydrogen-bond acceptors (Lipinski definition) is 4. The van der Waals surface area contributed by atoms with Crippen molar-refractivity contribution in [2.75, 3.05) is 39.3 Å². The summed E-state index contributed by atoms with van der Waals surface area (Å²) < 4.78 is 0. The number of rotatable bonds is 6. The summed E-state index contributed by atoms with van der Waals surface area (Å²) in [6.45, 7) is 6.67. The Bertz CT molecular complexity index is 361. The van der Waals surface area contributed by atoms with Gasteiger partial charge in [0.15, 0.2) is 0 Å². The highest BCUT2D eigenvalue weighted by atomic mass is 16.3. The van der Waals surface area contributed by atoms with E-state index in [4.69, 9.17) is 0 Å². The second-order valence-corrected chi connectivity index (χ2v) is 8.03. The summed E-state index contributed by atoms with van der Waals surface area (Å²) >= 11 is 0. The first-order valence-corrected chi connectivity index (χ1v) is 9.11. The van der Waals surface area contributed by atoms with E-state index in [1.54, 1.807) is 0 Å². The maximum atomic E-state index is 9.87. The second-order valence-electron chi connectivity index (χ2n) is 8.03. The molecule has 4 aliphatic rings. The van der Waals surface area contributed by atoms with Crippen LogP contribution in [0.4, 0.5) is 0 Å². The number of nitrogens with zero attached hydrogens (tertiary/aromatic N) is 2. The quantitative estimate of drug-likeness (QED) is 0.768. The maximum absolute atomic E-state index is 9.87. The fourth-order valence-corrected chi connectivity index (χ4v) is 4.37. The largest absolute Gasteiger partial charge is 0.394 e. The van der Waals surface area contributed by atoms with Crippen LogP contribution in [0.3, 0.4) is 0 Å². The standard InChI is InChI=1S/C17H31N3O/c21-13-17(18-15-3-4-15)6-5-16(11-17)20-9-7-19(8-10-20)12-14-1-2-14/h14-16,18,21H,1-13H2. The average Bonchev–Trinajstić information content (AvgIpc) is 3.42. The van der Waals surface area contributed by atoms with Crippen LogP contribution in [0.5, 0.6) is 0 Å². The highest BCUT2D eigenvalue weighted by Crippen LogP contribution is 2.36. The first-order chi connectivity index (χ1) is 10.3. The molecule has 1 heterocycles. The minimum Gasteiger partial charge on any atom is -0.394 e. The number of hydrogen-bond donors (Lipinski definition) is 2. The fraction of sp³-hybridized carbons (Fsp3) is 1.00. The van der Waals surface area contributed by atoms with Crippen molar-refractivity contribution in [2.45, 2.75) is 62.6 Å². The molecule has 0 bridgehead atoms. The van der Waals surface area contributed by atoms with Gasteiger partial charge in [-0.05, 0) is 50.9 Å². The molecule has 120 valence electrons. The minimum absolute atomic E-state index is 0.0387. The molecule has 2 N–H and O–H groups in total. The first kappa shape index (κ1) is 14.4. The molecule has 0 aromatic rings. The lowest BCUT2D eigenvalue weighted by molar-refractivity contribution is 0.0856. The van der Waals surface area contributed by atoms with Crippen LogP contribution in [0, 0.1) is 5.92 Å². The molecule has 4 heteroatoms. The molecule has 4 rings (SSSR count). The van der Waals surface area contributed by atoms with Gasteiger partial charge >= 0.3 is 0 Å². The first-order valence-electron chi connectivity index (χ1n) is 9.11. The summed E-state index contributed by atoms with van der Waals surface area (Å²) in [7, 11) is 0. The van der Waals surface area contributed by atoms with Gasteiger partial charge in [0.1, 0.15) is 0 Å². The van der Waals surface area contributed by atoms with Gasteiger partial charge in [-0.15, -0.1) is 0 Å². The van der Waals surface area contributed by atoms with E-state index in [0.29, 0.717) is 18.7 Å². The molecule has 0 aromatic heterocycles. The normalized spacial score (nSPS) is 39.0. The van der Waals surface area contributed by atoms with Crippen LogP contribution in [-0.4, -0.2) is 71.9 Å². The zero-order valence-corrected chi connectivity index (χ0v) is 13.3. The van der Waals surface area contributed by atoms with Gasteiger partial charge < -0.3 is 15.3 Å². The van der Waals surface area contributed by atoms with E-state index >= 15 is 0 Å². The Morgan fingerprint density at radius 1 is 1.00 bits per heavy atom. The highest BCUT2D eigenvalue weighted by Gasteiger charge is 2.44. The Kier molecular flexibility index (Phi) is 3.99. The summed E-state index contributed by atoms with van der Waals surface area (Å²) in [6.07, 6.45) is 9.14. The molecule has 0 spiro atoms. The molecule has 1 saturated heterocycles. The fourth-order valence-electron chi connectivity index (χ4n) is 4.37. The van der Waals surface area contributed by atoms with Gasteiger partial charge in [-0.25, -0.2) is 0 Å². The van der Waals surface area contributed by atoms with Crippen molar-refractivity contribution in [3.05, 3.63) is 0 Å². The summed E-state index contributed by atoms with van der Waals surface area (Å²) in [6, 6.07) is 1.40. The Labute approximate surface area is 128 Å². The van der Waals surface area contributed by atoms with Crippen molar-refractivity contribution in [1.29, 1.82) is 0 Å². The lowest BCUT2D eigenvalue weighted by atomic mass is 9.98. The zero-order valence-electron chi connectivity index (χ0n) is 13.3. The van der Waals surface area contributed by atoms with Crippen molar-refractivity contribution in [3.63, 3.8) is 0 Å². The summed E-state index contributed by atoms with van der Waals surface area (Å²) in [4.78, 5) is 5.38. The number of aliphatic hydroxyl groups excluding tert-OH is 1. The van der Waals surface area contributed by atoms with Crippen LogP contribution in [-0.2, 0) is 0 Å². The maximum Gasteiger partial charge on any atom is 0.0614 e. The summed E-state index contributed by atoms with van der Waals surface area (Å²) in [5.74, 6) is 1.02. The van der Waals surface area contributed by atoms with Gasteiger partial charge in [0.25, 0.3) is 0 Å². The number of aliphatic hydroxyl groups is 1. The molecule has 3 aliphatic carbocycles. The van der Waals surface area contributed by atoms with E-state index in [1.807, 2.05) is 0 Å². The lowest BCUT2D eigenvalue weighted by Gasteiger charge is -2.39. The van der Waals surface area contributed by atoms with E-state index in [2.05, 4.69) is 15.1 Å². The van der Waals surface area contributed by atoms with Crippen LogP contribution < -0.4 is 5.32 Å². The Morgan fingerprint density at radius 3 is 2.38 bits per heavy atom. The molecule has 0 aromatic carbocycles. The monoisotopic (exact) mass is 293 g/mol. The van der Waals surface area contributed by atoms with E-state index < -0.39 is 0 Å². The van der Waals surface area contributed by atoms with Crippen molar-refractivity contribution >= 4 is 0 Å². The molecule has 0 amide bonds. The molecule has 0 radical (unpaired) electrons. The Hall–Kier alpha value is -0.160. The average molecular weight is 293 g/mol. The van der Waals surface area contributed by atoms with Crippen molar-refractivity contribution < 1.29 is 5.11 Å². The molecular formula is C17H31N3O. The molecule has 3 saturated carbocycles. The van der Waals surface area contributed by atoms with Crippen LogP contribution in [0.2, 0.25) is 0 Å². The van der Waals surface area contributed by atoms with Gasteiger partial charge in [-0.1, -0.05) is 0 Å². The Balaban J connectivity index is 1.27.